The van der Waals surface area contributed by atoms with Crippen LogP contribution in [0.25, 0.3) is 0 Å². The van der Waals surface area contributed by atoms with Crippen molar-refractivity contribution in [3.63, 3.8) is 0 Å². The minimum atomic E-state index is -0.998. The van der Waals surface area contributed by atoms with Crippen molar-refractivity contribution in [3.8, 4) is 0 Å². The number of rotatable bonds is 5. The number of aromatic carboxylic acids is 1. The third-order valence-corrected chi connectivity index (χ3v) is 4.38. The van der Waals surface area contributed by atoms with Crippen molar-refractivity contribution in [2.75, 3.05) is 13.1 Å². The van der Waals surface area contributed by atoms with E-state index in [1.807, 2.05) is 0 Å². The summed E-state index contributed by atoms with van der Waals surface area (Å²) in [5.74, 6) is 0.646. The molecule has 1 fully saturated rings. The topological polar surface area (TPSA) is 53.7 Å². The summed E-state index contributed by atoms with van der Waals surface area (Å²) in [4.78, 5) is 13.3. The molecule has 1 aromatic rings. The van der Waals surface area contributed by atoms with Crippen molar-refractivity contribution in [2.45, 2.75) is 52.0 Å². The number of carboxylic acid groups (broad SMARTS) is 1. The predicted molar refractivity (Wildman–Crippen MR) is 77.9 cm³/mol. The lowest BCUT2D eigenvalue weighted by Crippen LogP contribution is -2.28. The van der Waals surface area contributed by atoms with Gasteiger partial charge < -0.3 is 9.52 Å². The Morgan fingerprint density at radius 2 is 2.25 bits per heavy atom. The molecule has 0 amide bonds. The first-order valence-electron chi connectivity index (χ1n) is 7.69. The van der Waals surface area contributed by atoms with E-state index in [2.05, 4.69) is 18.7 Å². The Morgan fingerprint density at radius 1 is 1.45 bits per heavy atom. The lowest BCUT2D eigenvalue weighted by atomic mass is 9.96. The van der Waals surface area contributed by atoms with Gasteiger partial charge in [-0.15, -0.1) is 0 Å². The highest BCUT2D eigenvalue weighted by Crippen LogP contribution is 2.28. The summed E-state index contributed by atoms with van der Waals surface area (Å²) in [5, 5.41) is 8.92. The zero-order valence-corrected chi connectivity index (χ0v) is 12.5. The van der Waals surface area contributed by atoms with Crippen LogP contribution in [-0.4, -0.2) is 29.1 Å². The standard InChI is InChI=1S/C16H25NO3/c1-3-5-13-6-4-10-17(11-9-13)12(2)14-7-8-15(20-14)16(18)19/h7-8,12-13H,3-6,9-11H2,1-2H3,(H,18,19). The number of carboxylic acids is 1. The van der Waals surface area contributed by atoms with Gasteiger partial charge in [0.1, 0.15) is 5.76 Å². The van der Waals surface area contributed by atoms with Crippen molar-refractivity contribution in [1.82, 2.24) is 4.90 Å². The van der Waals surface area contributed by atoms with Gasteiger partial charge in [-0.25, -0.2) is 4.79 Å². The van der Waals surface area contributed by atoms with Crippen molar-refractivity contribution < 1.29 is 14.3 Å². The zero-order valence-electron chi connectivity index (χ0n) is 12.5. The number of nitrogens with zero attached hydrogens (tertiary/aromatic N) is 1. The normalized spacial score (nSPS) is 22.4. The minimum Gasteiger partial charge on any atom is -0.475 e. The lowest BCUT2D eigenvalue weighted by molar-refractivity contribution is 0.0656. The van der Waals surface area contributed by atoms with Gasteiger partial charge in [0.15, 0.2) is 0 Å². The Labute approximate surface area is 120 Å². The Balaban J connectivity index is 1.97. The molecule has 112 valence electrons. The molecule has 2 heterocycles. The number of carbonyl (C=O) groups is 1. The second kappa shape index (κ2) is 6.93. The van der Waals surface area contributed by atoms with Crippen molar-refractivity contribution in [1.29, 1.82) is 0 Å². The van der Waals surface area contributed by atoms with E-state index in [-0.39, 0.29) is 11.8 Å². The van der Waals surface area contributed by atoms with Crippen LogP contribution in [0.1, 0.15) is 68.3 Å². The molecule has 0 spiro atoms. The van der Waals surface area contributed by atoms with Gasteiger partial charge in [0.2, 0.25) is 5.76 Å². The van der Waals surface area contributed by atoms with E-state index in [0.717, 1.165) is 24.8 Å². The molecular formula is C16H25NO3. The molecule has 0 saturated carbocycles. The molecule has 20 heavy (non-hydrogen) atoms. The molecule has 2 unspecified atom stereocenters. The molecule has 0 aromatic carbocycles. The molecule has 0 radical (unpaired) electrons. The van der Waals surface area contributed by atoms with Gasteiger partial charge in [-0.2, -0.15) is 0 Å². The fraction of sp³-hybridized carbons (Fsp3) is 0.688. The molecular weight excluding hydrogens is 254 g/mol. The fourth-order valence-electron chi connectivity index (χ4n) is 3.14. The van der Waals surface area contributed by atoms with Crippen LogP contribution in [0.2, 0.25) is 0 Å². The van der Waals surface area contributed by atoms with Gasteiger partial charge >= 0.3 is 5.97 Å². The minimum absolute atomic E-state index is 0.0329. The van der Waals surface area contributed by atoms with Gasteiger partial charge in [0.25, 0.3) is 0 Å². The van der Waals surface area contributed by atoms with Crippen LogP contribution in [0.15, 0.2) is 16.5 Å². The molecule has 0 aliphatic carbocycles. The second-order valence-corrected chi connectivity index (χ2v) is 5.80. The molecule has 1 N–H and O–H groups in total. The Morgan fingerprint density at radius 3 is 2.90 bits per heavy atom. The molecule has 0 bridgehead atoms. The summed E-state index contributed by atoms with van der Waals surface area (Å²) in [7, 11) is 0. The number of hydrogen-bond acceptors (Lipinski definition) is 3. The van der Waals surface area contributed by atoms with Gasteiger partial charge in [-0.05, 0) is 57.3 Å². The SMILES string of the molecule is CCCC1CCCN(C(C)c2ccc(C(=O)O)o2)CC1. The first-order valence-corrected chi connectivity index (χ1v) is 7.69. The zero-order chi connectivity index (χ0) is 14.5. The molecule has 1 saturated heterocycles. The smallest absolute Gasteiger partial charge is 0.371 e. The van der Waals surface area contributed by atoms with Crippen molar-refractivity contribution in [2.24, 2.45) is 5.92 Å². The molecule has 2 rings (SSSR count). The second-order valence-electron chi connectivity index (χ2n) is 5.80. The van der Waals surface area contributed by atoms with E-state index < -0.39 is 5.97 Å². The maximum atomic E-state index is 10.9. The summed E-state index contributed by atoms with van der Waals surface area (Å²) in [6.45, 7) is 6.51. The van der Waals surface area contributed by atoms with Crippen molar-refractivity contribution in [3.05, 3.63) is 23.7 Å². The predicted octanol–water partition coefficient (Wildman–Crippen LogP) is 3.94. The van der Waals surface area contributed by atoms with E-state index in [9.17, 15) is 4.79 Å². The average molecular weight is 279 g/mol. The highest BCUT2D eigenvalue weighted by molar-refractivity contribution is 5.84. The first kappa shape index (κ1) is 15.1. The molecule has 4 heteroatoms. The average Bonchev–Trinajstić information content (AvgIpc) is 2.80. The molecule has 2 atom stereocenters. The maximum Gasteiger partial charge on any atom is 0.371 e. The third-order valence-electron chi connectivity index (χ3n) is 4.38. The molecule has 1 aliphatic rings. The fourth-order valence-corrected chi connectivity index (χ4v) is 3.14. The summed E-state index contributed by atoms with van der Waals surface area (Å²) in [6.07, 6.45) is 6.37. The highest BCUT2D eigenvalue weighted by atomic mass is 16.4. The van der Waals surface area contributed by atoms with Gasteiger partial charge in [-0.1, -0.05) is 19.8 Å². The van der Waals surface area contributed by atoms with E-state index in [4.69, 9.17) is 9.52 Å². The van der Waals surface area contributed by atoms with Crippen LogP contribution in [-0.2, 0) is 0 Å². The van der Waals surface area contributed by atoms with Crippen LogP contribution in [0.5, 0.6) is 0 Å². The lowest BCUT2D eigenvalue weighted by Gasteiger charge is -2.26. The molecule has 1 aromatic heterocycles. The van der Waals surface area contributed by atoms with Gasteiger partial charge in [-0.3, -0.25) is 4.90 Å². The maximum absolute atomic E-state index is 10.9. The molecule has 4 nitrogen and oxygen atoms in total. The Bertz CT molecular complexity index is 441. The first-order chi connectivity index (χ1) is 9.61. The van der Waals surface area contributed by atoms with E-state index in [1.54, 1.807) is 12.1 Å². The van der Waals surface area contributed by atoms with E-state index in [1.165, 1.54) is 32.1 Å². The van der Waals surface area contributed by atoms with E-state index in [0.29, 0.717) is 0 Å². The van der Waals surface area contributed by atoms with Crippen molar-refractivity contribution >= 4 is 5.97 Å². The van der Waals surface area contributed by atoms with Crippen LogP contribution in [0.4, 0.5) is 0 Å². The van der Waals surface area contributed by atoms with Crippen LogP contribution < -0.4 is 0 Å². The molecule has 1 aliphatic heterocycles. The third kappa shape index (κ3) is 3.63. The quantitative estimate of drug-likeness (QED) is 0.887. The monoisotopic (exact) mass is 279 g/mol. The highest BCUT2D eigenvalue weighted by Gasteiger charge is 2.23. The number of furan rings is 1. The summed E-state index contributed by atoms with van der Waals surface area (Å²) < 4.78 is 5.43. The largest absolute Gasteiger partial charge is 0.475 e. The summed E-state index contributed by atoms with van der Waals surface area (Å²) in [6, 6.07) is 3.50. The Hall–Kier alpha value is -1.29. The number of hydrogen-bond donors (Lipinski definition) is 1. The van der Waals surface area contributed by atoms with Gasteiger partial charge in [0, 0.05) is 0 Å². The van der Waals surface area contributed by atoms with E-state index >= 15 is 0 Å². The van der Waals surface area contributed by atoms with Crippen LogP contribution in [0.3, 0.4) is 0 Å². The number of likely N-dealkylation sites (tertiary alicyclic amines) is 1. The summed E-state index contributed by atoms with van der Waals surface area (Å²) in [5.41, 5.74) is 0. The van der Waals surface area contributed by atoms with Crippen LogP contribution >= 0.6 is 0 Å². The Kier molecular flexibility index (Phi) is 5.24. The van der Waals surface area contributed by atoms with Gasteiger partial charge in [0.05, 0.1) is 6.04 Å². The summed E-state index contributed by atoms with van der Waals surface area (Å²) >= 11 is 0. The van der Waals surface area contributed by atoms with Crippen LogP contribution in [0, 0.1) is 5.92 Å².